The van der Waals surface area contributed by atoms with E-state index in [1.54, 1.807) is 31.2 Å². The van der Waals surface area contributed by atoms with Gasteiger partial charge in [-0.05, 0) is 24.0 Å². The highest BCUT2D eigenvalue weighted by atomic mass is 19.3. The van der Waals surface area contributed by atoms with Gasteiger partial charge in [0.05, 0.1) is 0 Å². The Labute approximate surface area is 124 Å². The van der Waals surface area contributed by atoms with Crippen molar-refractivity contribution in [2.45, 2.75) is 19.3 Å². The molecule has 0 aliphatic carbocycles. The lowest BCUT2D eigenvalue weighted by molar-refractivity contribution is 0.151. The molecule has 4 nitrogen and oxygen atoms in total. The van der Waals surface area contributed by atoms with E-state index in [1.807, 2.05) is 0 Å². The van der Waals surface area contributed by atoms with Crippen molar-refractivity contribution >= 4 is 11.8 Å². The third-order valence-electron chi connectivity index (χ3n) is 3.09. The number of halogens is 2. The third kappa shape index (κ3) is 5.24. The van der Waals surface area contributed by atoms with Crippen LogP contribution in [0.2, 0.25) is 0 Å². The van der Waals surface area contributed by atoms with E-state index in [0.717, 1.165) is 24.9 Å². The maximum Gasteiger partial charge on any atom is 0.264 e. The summed E-state index contributed by atoms with van der Waals surface area (Å²) in [4.78, 5) is 3.86. The Kier molecular flexibility index (Phi) is 6.98. The van der Waals surface area contributed by atoms with Crippen LogP contribution < -0.4 is 11.6 Å². The van der Waals surface area contributed by atoms with Gasteiger partial charge in [0, 0.05) is 44.2 Å². The standard InChI is InChI=1S/C15H22F2N4/c1-20-10-12(9-18)14-8-11(4-3-7-21(2)19)5-6-13(14)15(16)17/h5-6,8-10,15H,3-4,7,18-19H2,1-2H3. The van der Waals surface area contributed by atoms with Crippen molar-refractivity contribution in [1.82, 2.24) is 5.01 Å². The molecule has 0 spiro atoms. The fourth-order valence-corrected chi connectivity index (χ4v) is 2.07. The number of nitrogens with two attached hydrogens (primary N) is 2. The van der Waals surface area contributed by atoms with E-state index in [9.17, 15) is 8.78 Å². The van der Waals surface area contributed by atoms with Crippen LogP contribution in [0.15, 0.2) is 29.4 Å². The summed E-state index contributed by atoms with van der Waals surface area (Å²) in [5.41, 5.74) is 7.38. The van der Waals surface area contributed by atoms with E-state index in [2.05, 4.69) is 4.99 Å². The topological polar surface area (TPSA) is 67.6 Å². The van der Waals surface area contributed by atoms with Crippen LogP contribution in [-0.2, 0) is 6.42 Å². The van der Waals surface area contributed by atoms with Gasteiger partial charge in [-0.25, -0.2) is 8.78 Å². The number of alkyl halides is 2. The van der Waals surface area contributed by atoms with Crippen LogP contribution in [0.25, 0.3) is 5.57 Å². The predicted molar refractivity (Wildman–Crippen MR) is 83.1 cm³/mol. The predicted octanol–water partition coefficient (Wildman–Crippen LogP) is 2.36. The van der Waals surface area contributed by atoms with E-state index < -0.39 is 6.43 Å². The van der Waals surface area contributed by atoms with Crippen molar-refractivity contribution in [3.63, 3.8) is 0 Å². The number of nitrogens with zero attached hydrogens (tertiary/aromatic N) is 2. The number of aliphatic imine (C=N–C) groups is 1. The van der Waals surface area contributed by atoms with E-state index in [4.69, 9.17) is 11.6 Å². The number of allylic oxidation sites excluding steroid dienone is 1. The Morgan fingerprint density at radius 1 is 1.43 bits per heavy atom. The van der Waals surface area contributed by atoms with Crippen molar-refractivity contribution in [2.75, 3.05) is 20.6 Å². The molecule has 0 fully saturated rings. The minimum Gasteiger partial charge on any atom is -0.404 e. The summed E-state index contributed by atoms with van der Waals surface area (Å²) >= 11 is 0. The second-order valence-electron chi connectivity index (χ2n) is 4.82. The number of rotatable bonds is 7. The van der Waals surface area contributed by atoms with Gasteiger partial charge in [-0.2, -0.15) is 0 Å². The van der Waals surface area contributed by atoms with Gasteiger partial charge in [-0.1, -0.05) is 18.2 Å². The Hall–Kier alpha value is -1.79. The molecule has 1 aromatic rings. The molecule has 21 heavy (non-hydrogen) atoms. The minimum atomic E-state index is -2.55. The summed E-state index contributed by atoms with van der Waals surface area (Å²) < 4.78 is 26.2. The molecule has 0 aliphatic heterocycles. The Bertz CT molecular complexity index is 510. The zero-order valence-corrected chi connectivity index (χ0v) is 12.4. The highest BCUT2D eigenvalue weighted by molar-refractivity contribution is 6.10. The molecule has 0 saturated carbocycles. The van der Waals surface area contributed by atoms with Gasteiger partial charge in [-0.3, -0.25) is 15.8 Å². The molecule has 1 aromatic carbocycles. The Morgan fingerprint density at radius 2 is 2.14 bits per heavy atom. The highest BCUT2D eigenvalue weighted by Gasteiger charge is 2.15. The second kappa shape index (κ2) is 8.49. The third-order valence-corrected chi connectivity index (χ3v) is 3.09. The second-order valence-corrected chi connectivity index (χ2v) is 4.82. The molecule has 0 bridgehead atoms. The van der Waals surface area contributed by atoms with Gasteiger partial charge >= 0.3 is 0 Å². The Balaban J connectivity index is 3.06. The first kappa shape index (κ1) is 17.3. The minimum absolute atomic E-state index is 0.0358. The first-order chi connectivity index (χ1) is 9.99. The molecule has 0 amide bonds. The van der Waals surface area contributed by atoms with Crippen molar-refractivity contribution in [3.8, 4) is 0 Å². The zero-order chi connectivity index (χ0) is 15.8. The summed E-state index contributed by atoms with van der Waals surface area (Å²) in [5.74, 6) is 5.55. The SMILES string of the molecule is CN=CC(=CN)c1cc(CCCN(C)N)ccc1C(F)F. The molecule has 0 aliphatic rings. The zero-order valence-electron chi connectivity index (χ0n) is 12.4. The Morgan fingerprint density at radius 3 is 2.67 bits per heavy atom. The lowest BCUT2D eigenvalue weighted by Crippen LogP contribution is -2.27. The molecule has 0 aromatic heterocycles. The van der Waals surface area contributed by atoms with Crippen LogP contribution in [0.1, 0.15) is 29.5 Å². The molecule has 0 radical (unpaired) electrons. The normalized spacial score (nSPS) is 12.8. The van der Waals surface area contributed by atoms with Crippen molar-refractivity contribution in [1.29, 1.82) is 0 Å². The summed E-state index contributed by atoms with van der Waals surface area (Å²) in [7, 11) is 3.37. The summed E-state index contributed by atoms with van der Waals surface area (Å²) in [6.45, 7) is 0.738. The summed E-state index contributed by atoms with van der Waals surface area (Å²) in [6.07, 6.45) is 1.84. The molecular formula is C15H22F2N4. The highest BCUT2D eigenvalue weighted by Crippen LogP contribution is 2.28. The van der Waals surface area contributed by atoms with Gasteiger partial charge < -0.3 is 5.73 Å². The average Bonchev–Trinajstić information content (AvgIpc) is 2.44. The van der Waals surface area contributed by atoms with Crippen molar-refractivity contribution in [3.05, 3.63) is 41.1 Å². The number of aryl methyl sites for hydroxylation is 1. The molecular weight excluding hydrogens is 274 g/mol. The lowest BCUT2D eigenvalue weighted by Gasteiger charge is -2.13. The number of hydrazine groups is 1. The van der Waals surface area contributed by atoms with E-state index in [0.29, 0.717) is 11.1 Å². The number of benzene rings is 1. The van der Waals surface area contributed by atoms with Crippen LogP contribution in [0.5, 0.6) is 0 Å². The molecule has 0 saturated heterocycles. The molecule has 0 atom stereocenters. The van der Waals surface area contributed by atoms with Crippen LogP contribution in [-0.4, -0.2) is 31.9 Å². The van der Waals surface area contributed by atoms with Crippen molar-refractivity contribution < 1.29 is 8.78 Å². The van der Waals surface area contributed by atoms with Gasteiger partial charge in [0.25, 0.3) is 6.43 Å². The van der Waals surface area contributed by atoms with Gasteiger partial charge in [0.15, 0.2) is 0 Å². The first-order valence-electron chi connectivity index (χ1n) is 6.70. The maximum atomic E-state index is 13.1. The van der Waals surface area contributed by atoms with E-state index in [1.165, 1.54) is 18.5 Å². The molecule has 116 valence electrons. The van der Waals surface area contributed by atoms with Gasteiger partial charge in [0.2, 0.25) is 0 Å². The van der Waals surface area contributed by atoms with Crippen LogP contribution in [0, 0.1) is 0 Å². The first-order valence-corrected chi connectivity index (χ1v) is 6.70. The van der Waals surface area contributed by atoms with Crippen LogP contribution >= 0.6 is 0 Å². The van der Waals surface area contributed by atoms with Gasteiger partial charge in [0.1, 0.15) is 0 Å². The summed E-state index contributed by atoms with van der Waals surface area (Å²) in [6, 6.07) is 4.92. The smallest absolute Gasteiger partial charge is 0.264 e. The average molecular weight is 296 g/mol. The molecule has 1 rings (SSSR count). The number of hydrogen-bond donors (Lipinski definition) is 2. The molecule has 0 unspecified atom stereocenters. The molecule has 4 N–H and O–H groups in total. The number of hydrogen-bond acceptors (Lipinski definition) is 4. The fourth-order valence-electron chi connectivity index (χ4n) is 2.07. The molecule has 6 heteroatoms. The lowest BCUT2D eigenvalue weighted by atomic mass is 9.96. The molecule has 0 heterocycles. The van der Waals surface area contributed by atoms with E-state index in [-0.39, 0.29) is 5.56 Å². The monoisotopic (exact) mass is 296 g/mol. The van der Waals surface area contributed by atoms with Crippen LogP contribution in [0.4, 0.5) is 8.78 Å². The maximum absolute atomic E-state index is 13.1. The largest absolute Gasteiger partial charge is 0.404 e. The fraction of sp³-hybridized carbons (Fsp3) is 0.400. The van der Waals surface area contributed by atoms with Crippen LogP contribution in [0.3, 0.4) is 0 Å². The van der Waals surface area contributed by atoms with E-state index >= 15 is 0 Å². The quantitative estimate of drug-likeness (QED) is 0.461. The summed E-state index contributed by atoms with van der Waals surface area (Å²) in [5, 5.41) is 1.60. The van der Waals surface area contributed by atoms with Crippen molar-refractivity contribution in [2.24, 2.45) is 16.6 Å². The van der Waals surface area contributed by atoms with Gasteiger partial charge in [-0.15, -0.1) is 0 Å².